The highest BCUT2D eigenvalue weighted by atomic mass is 35.5. The summed E-state index contributed by atoms with van der Waals surface area (Å²) in [5, 5.41) is 3.39. The van der Waals surface area contributed by atoms with Crippen molar-refractivity contribution in [2.75, 3.05) is 31.1 Å². The maximum Gasteiger partial charge on any atom is 0.254 e. The van der Waals surface area contributed by atoms with Gasteiger partial charge in [-0.1, -0.05) is 19.1 Å². The lowest BCUT2D eigenvalue weighted by Gasteiger charge is -2.34. The van der Waals surface area contributed by atoms with Crippen LogP contribution in [0, 0.1) is 0 Å². The van der Waals surface area contributed by atoms with Crippen molar-refractivity contribution in [3.8, 4) is 0 Å². The summed E-state index contributed by atoms with van der Waals surface area (Å²) in [4.78, 5) is 15.1. The molecule has 0 bridgehead atoms. The van der Waals surface area contributed by atoms with Crippen molar-refractivity contribution in [2.45, 2.75) is 43.2 Å². The number of thioether (sulfide) groups is 2. The van der Waals surface area contributed by atoms with Gasteiger partial charge in [-0.2, -0.15) is 0 Å². The molecule has 0 atom stereocenters. The summed E-state index contributed by atoms with van der Waals surface area (Å²) in [6, 6.07) is 8.79. The second kappa shape index (κ2) is 10.7. The molecule has 3 rings (SSSR count). The quantitative estimate of drug-likeness (QED) is 0.783. The second-order valence-electron chi connectivity index (χ2n) is 6.53. The molecule has 0 aromatic heterocycles. The van der Waals surface area contributed by atoms with Gasteiger partial charge in [0.2, 0.25) is 0 Å². The number of amides is 1. The van der Waals surface area contributed by atoms with Gasteiger partial charge < -0.3 is 10.2 Å². The first-order valence-corrected chi connectivity index (χ1v) is 11.2. The smallest absolute Gasteiger partial charge is 0.254 e. The molecule has 1 amide bonds. The summed E-state index contributed by atoms with van der Waals surface area (Å²) in [7, 11) is 0. The third kappa shape index (κ3) is 5.56. The predicted octanol–water partition coefficient (Wildman–Crippen LogP) is 4.58. The van der Waals surface area contributed by atoms with Crippen LogP contribution in [-0.2, 0) is 0 Å². The Kier molecular flexibility index (Phi) is 8.97. The first-order chi connectivity index (χ1) is 11.8. The molecule has 2 saturated heterocycles. The summed E-state index contributed by atoms with van der Waals surface area (Å²) >= 11 is 4.06. The lowest BCUT2D eigenvalue weighted by Crippen LogP contribution is -2.46. The van der Waals surface area contributed by atoms with E-state index >= 15 is 0 Å². The summed E-state index contributed by atoms with van der Waals surface area (Å²) in [6.45, 7) is 5.06. The van der Waals surface area contributed by atoms with E-state index in [0.29, 0.717) is 10.6 Å². The fourth-order valence-electron chi connectivity index (χ4n) is 3.44. The van der Waals surface area contributed by atoms with Gasteiger partial charge in [0.05, 0.1) is 4.58 Å². The Morgan fingerprint density at radius 3 is 2.40 bits per heavy atom. The predicted molar refractivity (Wildman–Crippen MR) is 113 cm³/mol. The van der Waals surface area contributed by atoms with E-state index in [0.717, 1.165) is 44.5 Å². The molecule has 0 aliphatic carbocycles. The van der Waals surface area contributed by atoms with Gasteiger partial charge in [-0.05, 0) is 68.0 Å². The summed E-state index contributed by atoms with van der Waals surface area (Å²) < 4.78 is 0.541. The zero-order valence-electron chi connectivity index (χ0n) is 14.9. The molecule has 1 N–H and O–H groups in total. The largest absolute Gasteiger partial charge is 0.336 e. The molecule has 1 aromatic carbocycles. The normalized spacial score (nSPS) is 19.2. The molecule has 140 valence electrons. The van der Waals surface area contributed by atoms with E-state index in [1.165, 1.54) is 23.5 Å². The number of nitrogens with one attached hydrogen (secondary N) is 1. The SMILES string of the molecule is CCCN(C(=O)c1ccc(C2SCCCS2)cc1)C1CCNCC1.Cl. The van der Waals surface area contributed by atoms with Crippen LogP contribution >= 0.6 is 35.9 Å². The molecule has 0 radical (unpaired) electrons. The van der Waals surface area contributed by atoms with E-state index in [9.17, 15) is 4.79 Å². The van der Waals surface area contributed by atoms with Crippen LogP contribution in [0.1, 0.15) is 53.1 Å². The minimum absolute atomic E-state index is 0. The molecule has 25 heavy (non-hydrogen) atoms. The molecular formula is C19H29ClN2OS2. The zero-order chi connectivity index (χ0) is 16.8. The van der Waals surface area contributed by atoms with E-state index < -0.39 is 0 Å². The van der Waals surface area contributed by atoms with Gasteiger partial charge in [-0.25, -0.2) is 0 Å². The van der Waals surface area contributed by atoms with Gasteiger partial charge in [-0.15, -0.1) is 35.9 Å². The van der Waals surface area contributed by atoms with Crippen molar-refractivity contribution < 1.29 is 4.79 Å². The number of nitrogens with zero attached hydrogens (tertiary/aromatic N) is 1. The maximum atomic E-state index is 13.0. The Hall–Kier alpha value is -0.360. The van der Waals surface area contributed by atoms with Crippen molar-refractivity contribution in [1.29, 1.82) is 0 Å². The third-order valence-electron chi connectivity index (χ3n) is 4.73. The Bertz CT molecular complexity index is 529. The maximum absolute atomic E-state index is 13.0. The molecule has 2 fully saturated rings. The average molecular weight is 401 g/mol. The van der Waals surface area contributed by atoms with E-state index in [4.69, 9.17) is 0 Å². The first-order valence-electron chi connectivity index (χ1n) is 9.14. The van der Waals surface area contributed by atoms with Crippen LogP contribution in [0.3, 0.4) is 0 Å². The number of benzene rings is 1. The van der Waals surface area contributed by atoms with Crippen molar-refractivity contribution in [3.05, 3.63) is 35.4 Å². The van der Waals surface area contributed by atoms with Gasteiger partial charge in [0.25, 0.3) is 5.91 Å². The van der Waals surface area contributed by atoms with Gasteiger partial charge >= 0.3 is 0 Å². The van der Waals surface area contributed by atoms with Gasteiger partial charge in [-0.3, -0.25) is 4.79 Å². The van der Waals surface area contributed by atoms with E-state index in [2.05, 4.69) is 29.3 Å². The molecule has 6 heteroatoms. The molecule has 0 saturated carbocycles. The fourth-order valence-corrected chi connectivity index (χ4v) is 6.33. The van der Waals surface area contributed by atoms with Crippen LogP contribution in [0.5, 0.6) is 0 Å². The highest BCUT2D eigenvalue weighted by Gasteiger charge is 2.26. The van der Waals surface area contributed by atoms with Crippen molar-refractivity contribution >= 4 is 41.8 Å². The molecule has 0 unspecified atom stereocenters. The lowest BCUT2D eigenvalue weighted by atomic mass is 10.0. The Balaban J connectivity index is 0.00000225. The minimum atomic E-state index is 0. The van der Waals surface area contributed by atoms with Crippen molar-refractivity contribution in [2.24, 2.45) is 0 Å². The van der Waals surface area contributed by atoms with Gasteiger partial charge in [0.15, 0.2) is 0 Å². The minimum Gasteiger partial charge on any atom is -0.336 e. The van der Waals surface area contributed by atoms with E-state index in [1.807, 2.05) is 35.7 Å². The fraction of sp³-hybridized carbons (Fsp3) is 0.632. The summed E-state index contributed by atoms with van der Waals surface area (Å²) in [5.41, 5.74) is 2.20. The van der Waals surface area contributed by atoms with Gasteiger partial charge in [0, 0.05) is 18.2 Å². The number of carbonyl (C=O) groups excluding carboxylic acids is 1. The number of piperidine rings is 1. The van der Waals surface area contributed by atoms with Crippen molar-refractivity contribution in [1.82, 2.24) is 10.2 Å². The van der Waals surface area contributed by atoms with Crippen molar-refractivity contribution in [3.63, 3.8) is 0 Å². The standard InChI is InChI=1S/C19H28N2OS2.ClH/c1-2-12-21(17-8-10-20-11-9-17)18(22)15-4-6-16(7-5-15)19-23-13-3-14-24-19;/h4-7,17,19-20H,2-3,8-14H2,1H3;1H. The summed E-state index contributed by atoms with van der Waals surface area (Å²) in [6.07, 6.45) is 4.46. The van der Waals surface area contributed by atoms with Gasteiger partial charge in [0.1, 0.15) is 0 Å². The Morgan fingerprint density at radius 2 is 1.80 bits per heavy atom. The highest BCUT2D eigenvalue weighted by Crippen LogP contribution is 2.43. The van der Waals surface area contributed by atoms with Crippen LogP contribution < -0.4 is 5.32 Å². The second-order valence-corrected chi connectivity index (χ2v) is 9.25. The molecule has 2 heterocycles. The van der Waals surface area contributed by atoms with E-state index in [1.54, 1.807) is 0 Å². The van der Waals surface area contributed by atoms with Crippen LogP contribution in [0.2, 0.25) is 0 Å². The van der Waals surface area contributed by atoms with Crippen LogP contribution in [0.15, 0.2) is 24.3 Å². The molecule has 2 aliphatic rings. The molecule has 2 aliphatic heterocycles. The highest BCUT2D eigenvalue weighted by molar-refractivity contribution is 8.16. The summed E-state index contributed by atoms with van der Waals surface area (Å²) in [5.74, 6) is 2.70. The average Bonchev–Trinajstić information content (AvgIpc) is 2.67. The molecular weight excluding hydrogens is 372 g/mol. The molecule has 3 nitrogen and oxygen atoms in total. The third-order valence-corrected chi connectivity index (χ3v) is 7.75. The molecule has 1 aromatic rings. The first kappa shape index (κ1) is 20.9. The van der Waals surface area contributed by atoms with Crippen LogP contribution in [-0.4, -0.2) is 48.0 Å². The Morgan fingerprint density at radius 1 is 1.16 bits per heavy atom. The van der Waals surface area contributed by atoms with Crippen LogP contribution in [0.4, 0.5) is 0 Å². The Labute approximate surface area is 166 Å². The molecule has 0 spiro atoms. The monoisotopic (exact) mass is 400 g/mol. The van der Waals surface area contributed by atoms with E-state index in [-0.39, 0.29) is 18.3 Å². The number of halogens is 1. The number of hydrogen-bond donors (Lipinski definition) is 1. The lowest BCUT2D eigenvalue weighted by molar-refractivity contribution is 0.0642. The van der Waals surface area contributed by atoms with Crippen LogP contribution in [0.25, 0.3) is 0 Å². The number of carbonyl (C=O) groups is 1. The zero-order valence-corrected chi connectivity index (χ0v) is 17.4. The number of hydrogen-bond acceptors (Lipinski definition) is 4. The number of rotatable bonds is 5. The topological polar surface area (TPSA) is 32.3 Å².